The van der Waals surface area contributed by atoms with Crippen molar-refractivity contribution >= 4 is 0 Å². The summed E-state index contributed by atoms with van der Waals surface area (Å²) in [4.78, 5) is 4.06. The van der Waals surface area contributed by atoms with E-state index in [1.165, 1.54) is 50.6 Å². The maximum absolute atomic E-state index is 4.06. The molecule has 0 aromatic carbocycles. The van der Waals surface area contributed by atoms with Crippen molar-refractivity contribution in [2.24, 2.45) is 5.92 Å². The van der Waals surface area contributed by atoms with Gasteiger partial charge >= 0.3 is 0 Å². The van der Waals surface area contributed by atoms with E-state index in [1.54, 1.807) is 0 Å². The smallest absolute Gasteiger partial charge is 0.0293 e. The third-order valence-corrected chi connectivity index (χ3v) is 3.89. The number of nitrogens with zero attached hydrogens (tertiary/aromatic N) is 1. The first-order valence-electron chi connectivity index (χ1n) is 6.99. The van der Waals surface area contributed by atoms with E-state index < -0.39 is 0 Å². The van der Waals surface area contributed by atoms with Crippen LogP contribution in [0.2, 0.25) is 0 Å². The van der Waals surface area contributed by atoms with E-state index in [1.807, 2.05) is 12.4 Å². The highest BCUT2D eigenvalue weighted by molar-refractivity contribution is 5.13. The average Bonchev–Trinajstić information content (AvgIpc) is 2.65. The van der Waals surface area contributed by atoms with Crippen LogP contribution in [0.5, 0.6) is 0 Å². The van der Waals surface area contributed by atoms with Crippen molar-refractivity contribution in [2.75, 3.05) is 6.54 Å². The summed E-state index contributed by atoms with van der Waals surface area (Å²) in [5.41, 5.74) is 1.34. The molecule has 17 heavy (non-hydrogen) atoms. The van der Waals surface area contributed by atoms with Crippen molar-refractivity contribution in [3.05, 3.63) is 30.1 Å². The van der Waals surface area contributed by atoms with Crippen LogP contribution in [0.3, 0.4) is 0 Å². The molecule has 1 aromatic rings. The van der Waals surface area contributed by atoms with Gasteiger partial charge in [0.05, 0.1) is 0 Å². The fraction of sp³-hybridized carbons (Fsp3) is 0.667. The molecule has 1 atom stereocenters. The van der Waals surface area contributed by atoms with Gasteiger partial charge in [-0.3, -0.25) is 4.98 Å². The highest BCUT2D eigenvalue weighted by Gasteiger charge is 2.13. The molecule has 1 aliphatic rings. The van der Waals surface area contributed by atoms with Crippen LogP contribution >= 0.6 is 0 Å². The summed E-state index contributed by atoms with van der Waals surface area (Å²) >= 11 is 0. The van der Waals surface area contributed by atoms with E-state index in [-0.39, 0.29) is 0 Å². The summed E-state index contributed by atoms with van der Waals surface area (Å²) in [6.07, 6.45) is 12.3. The summed E-state index contributed by atoms with van der Waals surface area (Å²) in [5.74, 6) is 0.891. The van der Waals surface area contributed by atoms with Gasteiger partial charge in [-0.15, -0.1) is 0 Å². The zero-order valence-electron chi connectivity index (χ0n) is 10.9. The van der Waals surface area contributed by atoms with Gasteiger partial charge in [-0.2, -0.15) is 0 Å². The fourth-order valence-electron chi connectivity index (χ4n) is 2.68. The lowest BCUT2D eigenvalue weighted by Gasteiger charge is -2.19. The van der Waals surface area contributed by atoms with E-state index >= 15 is 0 Å². The molecule has 1 aliphatic carbocycles. The summed E-state index contributed by atoms with van der Waals surface area (Å²) in [7, 11) is 0. The van der Waals surface area contributed by atoms with Crippen LogP contribution in [0, 0.1) is 5.92 Å². The van der Waals surface area contributed by atoms with Gasteiger partial charge in [-0.05, 0) is 49.9 Å². The molecule has 0 radical (unpaired) electrons. The van der Waals surface area contributed by atoms with Crippen LogP contribution in [-0.2, 0) is 0 Å². The molecule has 0 amide bonds. The van der Waals surface area contributed by atoms with E-state index in [4.69, 9.17) is 0 Å². The SMILES string of the molecule is C[C@H](NCC1CCCCCC1)c1ccncc1. The third kappa shape index (κ3) is 4.12. The topological polar surface area (TPSA) is 24.9 Å². The van der Waals surface area contributed by atoms with Crippen molar-refractivity contribution in [1.82, 2.24) is 10.3 Å². The molecule has 0 aliphatic heterocycles. The fourth-order valence-corrected chi connectivity index (χ4v) is 2.68. The molecule has 1 saturated carbocycles. The molecule has 2 nitrogen and oxygen atoms in total. The Hall–Kier alpha value is -0.890. The van der Waals surface area contributed by atoms with Crippen molar-refractivity contribution in [3.8, 4) is 0 Å². The van der Waals surface area contributed by atoms with Crippen LogP contribution in [0.15, 0.2) is 24.5 Å². The summed E-state index contributed by atoms with van der Waals surface area (Å²) in [5, 5.41) is 3.67. The first-order valence-corrected chi connectivity index (χ1v) is 6.99. The average molecular weight is 232 g/mol. The van der Waals surface area contributed by atoms with Crippen molar-refractivity contribution in [2.45, 2.75) is 51.5 Å². The Morgan fingerprint density at radius 1 is 1.18 bits per heavy atom. The molecule has 0 bridgehead atoms. The first-order chi connectivity index (χ1) is 8.36. The zero-order chi connectivity index (χ0) is 11.9. The molecular formula is C15H24N2. The van der Waals surface area contributed by atoms with Gasteiger partial charge in [0.25, 0.3) is 0 Å². The molecule has 1 fully saturated rings. The Balaban J connectivity index is 1.77. The highest BCUT2D eigenvalue weighted by atomic mass is 14.9. The van der Waals surface area contributed by atoms with Crippen molar-refractivity contribution in [3.63, 3.8) is 0 Å². The normalized spacial score (nSPS) is 19.8. The largest absolute Gasteiger partial charge is 0.310 e. The molecule has 1 aromatic heterocycles. The van der Waals surface area contributed by atoms with Crippen LogP contribution in [0.4, 0.5) is 0 Å². The molecule has 0 spiro atoms. The second-order valence-electron chi connectivity index (χ2n) is 5.27. The number of hydrogen-bond donors (Lipinski definition) is 1. The van der Waals surface area contributed by atoms with Crippen molar-refractivity contribution in [1.29, 1.82) is 0 Å². The maximum atomic E-state index is 4.06. The predicted molar refractivity (Wildman–Crippen MR) is 71.8 cm³/mol. The maximum Gasteiger partial charge on any atom is 0.0293 e. The van der Waals surface area contributed by atoms with Gasteiger partial charge in [0.15, 0.2) is 0 Å². The number of aromatic nitrogens is 1. The quantitative estimate of drug-likeness (QED) is 0.801. The van der Waals surface area contributed by atoms with E-state index in [2.05, 4.69) is 29.4 Å². The summed E-state index contributed by atoms with van der Waals surface area (Å²) < 4.78 is 0. The van der Waals surface area contributed by atoms with Crippen LogP contribution in [-0.4, -0.2) is 11.5 Å². The molecule has 0 saturated heterocycles. The standard InChI is InChI=1S/C15H24N2/c1-13(15-8-10-16-11-9-15)17-12-14-6-4-2-3-5-7-14/h8-11,13-14,17H,2-7,12H2,1H3/t13-/m0/s1. The van der Waals surface area contributed by atoms with Gasteiger partial charge in [-0.1, -0.05) is 25.7 Å². The number of rotatable bonds is 4. The minimum Gasteiger partial charge on any atom is -0.310 e. The Bertz CT molecular complexity index is 302. The lowest BCUT2D eigenvalue weighted by molar-refractivity contribution is 0.403. The van der Waals surface area contributed by atoms with Gasteiger partial charge in [0.2, 0.25) is 0 Å². The molecule has 2 heteroatoms. The zero-order valence-corrected chi connectivity index (χ0v) is 10.9. The Morgan fingerprint density at radius 2 is 1.82 bits per heavy atom. The monoisotopic (exact) mass is 232 g/mol. The Morgan fingerprint density at radius 3 is 2.47 bits per heavy atom. The van der Waals surface area contributed by atoms with Gasteiger partial charge in [0, 0.05) is 18.4 Å². The minimum atomic E-state index is 0.446. The van der Waals surface area contributed by atoms with E-state index in [0.717, 1.165) is 5.92 Å². The van der Waals surface area contributed by atoms with Crippen molar-refractivity contribution < 1.29 is 0 Å². The first kappa shape index (κ1) is 12.6. The second-order valence-corrected chi connectivity index (χ2v) is 5.27. The summed E-state index contributed by atoms with van der Waals surface area (Å²) in [6, 6.07) is 4.65. The van der Waals surface area contributed by atoms with Crippen LogP contribution < -0.4 is 5.32 Å². The number of nitrogens with one attached hydrogen (secondary N) is 1. The Kier molecular flexibility index (Phi) is 4.99. The van der Waals surface area contributed by atoms with Gasteiger partial charge < -0.3 is 5.32 Å². The van der Waals surface area contributed by atoms with Gasteiger partial charge in [0.1, 0.15) is 0 Å². The van der Waals surface area contributed by atoms with E-state index in [0.29, 0.717) is 6.04 Å². The van der Waals surface area contributed by atoms with Gasteiger partial charge in [-0.25, -0.2) is 0 Å². The molecule has 94 valence electrons. The number of pyridine rings is 1. The van der Waals surface area contributed by atoms with Crippen LogP contribution in [0.1, 0.15) is 57.1 Å². The lowest BCUT2D eigenvalue weighted by atomic mass is 9.99. The summed E-state index contributed by atoms with van der Waals surface area (Å²) in [6.45, 7) is 3.41. The predicted octanol–water partition coefficient (Wildman–Crippen LogP) is 3.70. The van der Waals surface area contributed by atoms with Crippen LogP contribution in [0.25, 0.3) is 0 Å². The molecule has 0 unspecified atom stereocenters. The van der Waals surface area contributed by atoms with E-state index in [9.17, 15) is 0 Å². The molecule has 1 heterocycles. The number of hydrogen-bond acceptors (Lipinski definition) is 2. The minimum absolute atomic E-state index is 0.446. The molecular weight excluding hydrogens is 208 g/mol. The Labute approximate surface area is 105 Å². The second kappa shape index (κ2) is 6.75. The lowest BCUT2D eigenvalue weighted by Crippen LogP contribution is -2.25. The molecule has 2 rings (SSSR count). The molecule has 1 N–H and O–H groups in total. The third-order valence-electron chi connectivity index (χ3n) is 3.89. The highest BCUT2D eigenvalue weighted by Crippen LogP contribution is 2.23.